The second-order valence-corrected chi connectivity index (χ2v) is 8.97. The molecule has 0 aromatic heterocycles. The van der Waals surface area contributed by atoms with E-state index in [1.54, 1.807) is 0 Å². The van der Waals surface area contributed by atoms with Crippen LogP contribution in [-0.4, -0.2) is 49.1 Å². The van der Waals surface area contributed by atoms with Gasteiger partial charge in [-0.3, -0.25) is 9.59 Å². The van der Waals surface area contributed by atoms with Crippen LogP contribution < -0.4 is 10.6 Å². The van der Waals surface area contributed by atoms with E-state index < -0.39 is 11.6 Å². The number of nitrogens with one attached hydrogen (secondary N) is 2. The highest BCUT2D eigenvalue weighted by Crippen LogP contribution is 2.47. The molecule has 2 saturated heterocycles. The first-order chi connectivity index (χ1) is 13.2. The number of Topliss-reactive ketones (excluding diaryl/α,β-unsaturated/α-hetero) is 2. The molecule has 0 amide bonds. The summed E-state index contributed by atoms with van der Waals surface area (Å²) in [5.74, 6) is 1.05. The predicted octanol–water partition coefficient (Wildman–Crippen LogP) is 2.47. The lowest BCUT2D eigenvalue weighted by Gasteiger charge is -2.43. The van der Waals surface area contributed by atoms with E-state index in [0.717, 1.165) is 63.2 Å². The molecule has 1 unspecified atom stereocenters. The molecule has 1 aliphatic carbocycles. The molecule has 1 aromatic rings. The van der Waals surface area contributed by atoms with Crippen LogP contribution in [0, 0.1) is 0 Å². The summed E-state index contributed by atoms with van der Waals surface area (Å²) in [6.07, 6.45) is 4.17. The maximum absolute atomic E-state index is 12.7. The topological polar surface area (TPSA) is 67.4 Å². The molecule has 1 aromatic carbocycles. The summed E-state index contributed by atoms with van der Waals surface area (Å²) in [5, 5.41) is 6.84. The van der Waals surface area contributed by atoms with Crippen molar-refractivity contribution in [2.45, 2.75) is 37.2 Å². The van der Waals surface area contributed by atoms with Gasteiger partial charge in [-0.25, -0.2) is 0 Å². The Morgan fingerprint density at radius 3 is 2.67 bits per heavy atom. The SMILES string of the molecule is O=C1C(=O)c2ccc(C3CCCNC3)cc2C2=C1SCC1(CCNCC1)O2. The van der Waals surface area contributed by atoms with E-state index in [1.807, 2.05) is 12.1 Å². The first-order valence-corrected chi connectivity index (χ1v) is 10.9. The second-order valence-electron chi connectivity index (χ2n) is 7.99. The Morgan fingerprint density at radius 1 is 1.04 bits per heavy atom. The Kier molecular flexibility index (Phi) is 4.37. The van der Waals surface area contributed by atoms with E-state index in [2.05, 4.69) is 16.7 Å². The zero-order chi connectivity index (χ0) is 18.4. The average molecular weight is 385 g/mol. The van der Waals surface area contributed by atoms with E-state index in [-0.39, 0.29) is 5.60 Å². The van der Waals surface area contributed by atoms with Crippen molar-refractivity contribution in [2.24, 2.45) is 0 Å². The molecule has 6 heteroatoms. The second kappa shape index (κ2) is 6.76. The molecule has 2 N–H and O–H groups in total. The Bertz CT molecular complexity index is 836. The number of hydrogen-bond acceptors (Lipinski definition) is 6. The molecule has 27 heavy (non-hydrogen) atoms. The van der Waals surface area contributed by atoms with E-state index in [0.29, 0.717) is 22.1 Å². The molecule has 0 bridgehead atoms. The van der Waals surface area contributed by atoms with E-state index in [1.165, 1.54) is 17.3 Å². The van der Waals surface area contributed by atoms with Crippen molar-refractivity contribution >= 4 is 29.1 Å². The number of thioether (sulfide) groups is 1. The number of benzene rings is 1. The number of rotatable bonds is 1. The van der Waals surface area contributed by atoms with Crippen LogP contribution in [0.1, 0.15) is 53.1 Å². The van der Waals surface area contributed by atoms with Crippen molar-refractivity contribution < 1.29 is 14.3 Å². The molecule has 3 heterocycles. The molecule has 2 fully saturated rings. The van der Waals surface area contributed by atoms with Crippen molar-refractivity contribution in [1.29, 1.82) is 0 Å². The van der Waals surface area contributed by atoms with Gasteiger partial charge in [0.25, 0.3) is 0 Å². The Hall–Kier alpha value is -1.63. The first kappa shape index (κ1) is 17.5. The number of carbonyl (C=O) groups excluding carboxylic acids is 2. The van der Waals surface area contributed by atoms with Gasteiger partial charge in [-0.2, -0.15) is 0 Å². The zero-order valence-electron chi connectivity index (χ0n) is 15.3. The van der Waals surface area contributed by atoms with E-state index >= 15 is 0 Å². The summed E-state index contributed by atoms with van der Waals surface area (Å²) in [6, 6.07) is 5.96. The number of piperidine rings is 2. The maximum atomic E-state index is 12.7. The number of allylic oxidation sites excluding steroid dienone is 1. The van der Waals surface area contributed by atoms with Crippen LogP contribution in [0.25, 0.3) is 5.76 Å². The monoisotopic (exact) mass is 384 g/mol. The summed E-state index contributed by atoms with van der Waals surface area (Å²) >= 11 is 1.51. The number of fused-ring (bicyclic) bond motifs is 2. The lowest BCUT2D eigenvalue weighted by molar-refractivity contribution is -0.111. The molecule has 142 valence electrons. The molecule has 3 aliphatic heterocycles. The minimum absolute atomic E-state index is 0.227. The third kappa shape index (κ3) is 2.94. The van der Waals surface area contributed by atoms with Crippen LogP contribution in [0.4, 0.5) is 0 Å². The highest BCUT2D eigenvalue weighted by Gasteiger charge is 2.45. The fourth-order valence-electron chi connectivity index (χ4n) is 4.60. The van der Waals surface area contributed by atoms with Crippen molar-refractivity contribution in [1.82, 2.24) is 10.6 Å². The highest BCUT2D eigenvalue weighted by molar-refractivity contribution is 8.04. The number of ketones is 2. The van der Waals surface area contributed by atoms with Gasteiger partial charge in [-0.1, -0.05) is 6.07 Å². The van der Waals surface area contributed by atoms with Gasteiger partial charge in [0.05, 0.1) is 0 Å². The van der Waals surface area contributed by atoms with Crippen LogP contribution in [0.15, 0.2) is 23.1 Å². The number of ether oxygens (including phenoxy) is 1. The summed E-state index contributed by atoms with van der Waals surface area (Å²) in [4.78, 5) is 25.8. The quantitative estimate of drug-likeness (QED) is 0.725. The standard InChI is InChI=1S/C21H24N2O3S/c24-17-15-4-3-13(14-2-1-7-23-11-14)10-16(15)19-20(18(17)25)27-12-21(26-19)5-8-22-9-6-21/h3-4,10,14,22-23H,1-2,5-9,11-12H2. The first-order valence-electron chi connectivity index (χ1n) is 9.88. The molecule has 4 aliphatic rings. The molecular weight excluding hydrogens is 360 g/mol. The third-order valence-electron chi connectivity index (χ3n) is 6.23. The Balaban J connectivity index is 1.57. The third-order valence-corrected chi connectivity index (χ3v) is 7.56. The Morgan fingerprint density at radius 2 is 1.89 bits per heavy atom. The van der Waals surface area contributed by atoms with Crippen molar-refractivity contribution in [3.8, 4) is 0 Å². The van der Waals surface area contributed by atoms with Gasteiger partial charge < -0.3 is 15.4 Å². The number of carbonyl (C=O) groups is 2. The van der Waals surface area contributed by atoms with Crippen LogP contribution in [0.5, 0.6) is 0 Å². The van der Waals surface area contributed by atoms with Gasteiger partial charge in [0, 0.05) is 36.3 Å². The molecule has 0 radical (unpaired) electrons. The Labute approximate surface area is 163 Å². The van der Waals surface area contributed by atoms with E-state index in [9.17, 15) is 9.59 Å². The molecule has 0 saturated carbocycles. The fourth-order valence-corrected chi connectivity index (χ4v) is 5.86. The zero-order valence-corrected chi connectivity index (χ0v) is 16.1. The summed E-state index contributed by atoms with van der Waals surface area (Å²) in [5.41, 5.74) is 2.32. The molecular formula is C21H24N2O3S. The lowest BCUT2D eigenvalue weighted by atomic mass is 9.85. The smallest absolute Gasteiger partial charge is 0.243 e. The van der Waals surface area contributed by atoms with Gasteiger partial charge in [0.1, 0.15) is 16.3 Å². The predicted molar refractivity (Wildman–Crippen MR) is 106 cm³/mol. The van der Waals surface area contributed by atoms with Gasteiger partial charge in [0.2, 0.25) is 11.6 Å². The minimum atomic E-state index is -0.404. The van der Waals surface area contributed by atoms with Gasteiger partial charge in [-0.15, -0.1) is 11.8 Å². The van der Waals surface area contributed by atoms with Crippen LogP contribution >= 0.6 is 11.8 Å². The van der Waals surface area contributed by atoms with E-state index in [4.69, 9.17) is 4.74 Å². The van der Waals surface area contributed by atoms with Crippen LogP contribution in [0.3, 0.4) is 0 Å². The van der Waals surface area contributed by atoms with Gasteiger partial charge in [-0.05, 0) is 56.1 Å². The molecule has 5 nitrogen and oxygen atoms in total. The summed E-state index contributed by atoms with van der Waals surface area (Å²) in [6.45, 7) is 3.89. The average Bonchev–Trinajstić information content (AvgIpc) is 2.73. The van der Waals surface area contributed by atoms with Crippen LogP contribution in [0.2, 0.25) is 0 Å². The van der Waals surface area contributed by atoms with Crippen molar-refractivity contribution in [3.63, 3.8) is 0 Å². The lowest BCUT2D eigenvalue weighted by Crippen LogP contribution is -2.48. The molecule has 1 spiro atoms. The molecule has 5 rings (SSSR count). The maximum Gasteiger partial charge on any atom is 0.243 e. The largest absolute Gasteiger partial charge is 0.484 e. The molecule has 1 atom stereocenters. The summed E-state index contributed by atoms with van der Waals surface area (Å²) in [7, 11) is 0. The van der Waals surface area contributed by atoms with Crippen molar-refractivity contribution in [2.75, 3.05) is 31.9 Å². The number of hydrogen-bond donors (Lipinski definition) is 2. The van der Waals surface area contributed by atoms with Crippen LogP contribution in [-0.2, 0) is 9.53 Å². The van der Waals surface area contributed by atoms with Gasteiger partial charge >= 0.3 is 0 Å². The van der Waals surface area contributed by atoms with Crippen molar-refractivity contribution in [3.05, 3.63) is 39.8 Å². The summed E-state index contributed by atoms with van der Waals surface area (Å²) < 4.78 is 6.54. The van der Waals surface area contributed by atoms with Gasteiger partial charge in [0.15, 0.2) is 0 Å². The fraction of sp³-hybridized carbons (Fsp3) is 0.524. The highest BCUT2D eigenvalue weighted by atomic mass is 32.2. The normalized spacial score (nSPS) is 27.2. The minimum Gasteiger partial charge on any atom is -0.484 e.